The van der Waals surface area contributed by atoms with Crippen molar-refractivity contribution in [3.05, 3.63) is 36.4 Å². The van der Waals surface area contributed by atoms with Gasteiger partial charge in [-0.3, -0.25) is 9.69 Å². The quantitative estimate of drug-likeness (QED) is 0.797. The van der Waals surface area contributed by atoms with E-state index in [0.29, 0.717) is 18.8 Å². The topological polar surface area (TPSA) is 61.4 Å². The third-order valence-electron chi connectivity index (χ3n) is 2.62. The second kappa shape index (κ2) is 5.35. The minimum absolute atomic E-state index is 0.0827. The Hall–Kier alpha value is -2.30. The Kier molecular flexibility index (Phi) is 3.62. The van der Waals surface area contributed by atoms with E-state index in [1.807, 2.05) is 12.1 Å². The molecule has 0 atom stereocenters. The van der Waals surface area contributed by atoms with Gasteiger partial charge in [-0.1, -0.05) is 6.08 Å². The molecule has 18 heavy (non-hydrogen) atoms. The molecule has 0 radical (unpaired) electrons. The van der Waals surface area contributed by atoms with Crippen molar-refractivity contribution in [3.63, 3.8) is 0 Å². The molecule has 1 aliphatic heterocycles. The van der Waals surface area contributed by atoms with Crippen molar-refractivity contribution in [2.24, 2.45) is 0 Å². The third-order valence-corrected chi connectivity index (χ3v) is 2.62. The van der Waals surface area contributed by atoms with Gasteiger partial charge in [-0.05, 0) is 37.3 Å². The zero-order chi connectivity index (χ0) is 13.0. The second-order valence-corrected chi connectivity index (χ2v) is 3.92. The smallest absolute Gasteiger partial charge is 0.321 e. The molecule has 5 heteroatoms. The lowest BCUT2D eigenvalue weighted by Crippen LogP contribution is -2.27. The molecular weight excluding hydrogens is 230 g/mol. The lowest BCUT2D eigenvalue weighted by Gasteiger charge is -2.14. The average molecular weight is 245 g/mol. The molecule has 1 aromatic carbocycles. The maximum Gasteiger partial charge on any atom is 0.321 e. The summed E-state index contributed by atoms with van der Waals surface area (Å²) in [4.78, 5) is 24.5. The minimum Gasteiger partial charge on any atom is -0.336 e. The highest BCUT2D eigenvalue weighted by atomic mass is 16.2. The Morgan fingerprint density at radius 1 is 1.39 bits per heavy atom. The van der Waals surface area contributed by atoms with Crippen LogP contribution in [-0.4, -0.2) is 25.0 Å². The van der Waals surface area contributed by atoms with E-state index in [2.05, 4.69) is 10.6 Å². The Balaban J connectivity index is 2.05. The molecule has 1 heterocycles. The van der Waals surface area contributed by atoms with Gasteiger partial charge in [0.2, 0.25) is 5.91 Å². The summed E-state index contributed by atoms with van der Waals surface area (Å²) < 4.78 is 0. The number of rotatable bonds is 3. The zero-order valence-electron chi connectivity index (χ0n) is 10.1. The van der Waals surface area contributed by atoms with Gasteiger partial charge in [0.1, 0.15) is 0 Å². The number of urea groups is 1. The predicted molar refractivity (Wildman–Crippen MR) is 70.6 cm³/mol. The predicted octanol–water partition coefficient (Wildman–Crippen LogP) is 1.73. The van der Waals surface area contributed by atoms with Crippen LogP contribution in [0.5, 0.6) is 0 Å². The van der Waals surface area contributed by atoms with Gasteiger partial charge in [-0.2, -0.15) is 0 Å². The molecular formula is C13H15N3O2. The van der Waals surface area contributed by atoms with Crippen LogP contribution >= 0.6 is 0 Å². The van der Waals surface area contributed by atoms with Crippen molar-refractivity contribution in [1.29, 1.82) is 0 Å². The third kappa shape index (κ3) is 2.68. The number of carbonyl (C=O) groups excluding carboxylic acids is 2. The molecule has 0 spiro atoms. The fraction of sp³-hybridized carbons (Fsp3) is 0.231. The van der Waals surface area contributed by atoms with Gasteiger partial charge in [0.25, 0.3) is 0 Å². The fourth-order valence-corrected chi connectivity index (χ4v) is 1.78. The fourth-order valence-electron chi connectivity index (χ4n) is 1.78. The van der Waals surface area contributed by atoms with Crippen molar-refractivity contribution < 1.29 is 9.59 Å². The summed E-state index contributed by atoms with van der Waals surface area (Å²) in [7, 11) is 0. The molecule has 1 aromatic rings. The Morgan fingerprint density at radius 2 is 2.11 bits per heavy atom. The van der Waals surface area contributed by atoms with Crippen LogP contribution < -0.4 is 15.5 Å². The van der Waals surface area contributed by atoms with Crippen LogP contribution in [0.25, 0.3) is 0 Å². The standard InChI is InChI=1S/C13H15N3O2/c1-2-3-12(17)15-10-4-6-11(7-5-10)16-9-8-14-13(16)18/h2-7H,8-9H2,1H3,(H,14,18)(H,15,17)/b3-2+. The molecule has 2 rings (SSSR count). The summed E-state index contributed by atoms with van der Waals surface area (Å²) in [5.74, 6) is -0.163. The van der Waals surface area contributed by atoms with Gasteiger partial charge in [-0.25, -0.2) is 4.79 Å². The number of amides is 3. The minimum atomic E-state index is -0.163. The van der Waals surface area contributed by atoms with Crippen LogP contribution in [-0.2, 0) is 4.79 Å². The van der Waals surface area contributed by atoms with Crippen LogP contribution in [0.4, 0.5) is 16.2 Å². The molecule has 0 saturated carbocycles. The molecule has 0 unspecified atom stereocenters. The molecule has 1 aliphatic rings. The molecule has 5 nitrogen and oxygen atoms in total. The number of anilines is 2. The summed E-state index contributed by atoms with van der Waals surface area (Å²) >= 11 is 0. The van der Waals surface area contributed by atoms with E-state index in [9.17, 15) is 9.59 Å². The van der Waals surface area contributed by atoms with Crippen LogP contribution in [0.3, 0.4) is 0 Å². The number of allylic oxidation sites excluding steroid dienone is 1. The van der Waals surface area contributed by atoms with Gasteiger partial charge < -0.3 is 10.6 Å². The number of benzene rings is 1. The largest absolute Gasteiger partial charge is 0.336 e. The second-order valence-electron chi connectivity index (χ2n) is 3.92. The molecule has 0 aromatic heterocycles. The van der Waals surface area contributed by atoms with Crippen LogP contribution in [0.2, 0.25) is 0 Å². The van der Waals surface area contributed by atoms with Crippen LogP contribution in [0.1, 0.15) is 6.92 Å². The van der Waals surface area contributed by atoms with E-state index in [-0.39, 0.29) is 11.9 Å². The zero-order valence-corrected chi connectivity index (χ0v) is 10.1. The van der Waals surface area contributed by atoms with Crippen LogP contribution in [0.15, 0.2) is 36.4 Å². The van der Waals surface area contributed by atoms with Crippen molar-refractivity contribution in [1.82, 2.24) is 5.32 Å². The number of carbonyl (C=O) groups is 2. The Morgan fingerprint density at radius 3 is 2.67 bits per heavy atom. The van der Waals surface area contributed by atoms with Crippen molar-refractivity contribution in [2.45, 2.75) is 6.92 Å². The SMILES string of the molecule is C/C=C/C(=O)Nc1ccc(N2CCNC2=O)cc1. The highest BCUT2D eigenvalue weighted by molar-refractivity contribution is 5.99. The van der Waals surface area contributed by atoms with Gasteiger partial charge in [-0.15, -0.1) is 0 Å². The lowest BCUT2D eigenvalue weighted by atomic mass is 10.2. The maximum absolute atomic E-state index is 11.5. The molecule has 1 fully saturated rings. The van der Waals surface area contributed by atoms with Crippen LogP contribution in [0, 0.1) is 0 Å². The molecule has 1 saturated heterocycles. The molecule has 2 N–H and O–H groups in total. The first-order chi connectivity index (χ1) is 8.70. The highest BCUT2D eigenvalue weighted by Gasteiger charge is 2.20. The molecule has 94 valence electrons. The van der Waals surface area contributed by atoms with E-state index >= 15 is 0 Å². The molecule has 0 bridgehead atoms. The molecule has 0 aliphatic carbocycles. The summed E-state index contributed by atoms with van der Waals surface area (Å²) in [6.45, 7) is 3.12. The first-order valence-corrected chi connectivity index (χ1v) is 5.80. The Bertz CT molecular complexity index is 480. The van der Waals surface area contributed by atoms with E-state index < -0.39 is 0 Å². The highest BCUT2D eigenvalue weighted by Crippen LogP contribution is 2.19. The summed E-state index contributed by atoms with van der Waals surface area (Å²) in [6, 6.07) is 7.11. The van der Waals surface area contributed by atoms with E-state index in [4.69, 9.17) is 0 Å². The van der Waals surface area contributed by atoms with E-state index in [1.54, 1.807) is 30.0 Å². The van der Waals surface area contributed by atoms with Crippen molar-refractivity contribution in [2.75, 3.05) is 23.3 Å². The summed E-state index contributed by atoms with van der Waals surface area (Å²) in [5, 5.41) is 5.47. The summed E-state index contributed by atoms with van der Waals surface area (Å²) in [5.41, 5.74) is 1.54. The number of nitrogens with one attached hydrogen (secondary N) is 2. The van der Waals surface area contributed by atoms with Gasteiger partial charge in [0.05, 0.1) is 0 Å². The van der Waals surface area contributed by atoms with Gasteiger partial charge in [0, 0.05) is 24.5 Å². The molecule has 3 amide bonds. The maximum atomic E-state index is 11.5. The first kappa shape index (κ1) is 12.2. The lowest BCUT2D eigenvalue weighted by molar-refractivity contribution is -0.111. The Labute approximate surface area is 105 Å². The first-order valence-electron chi connectivity index (χ1n) is 5.80. The monoisotopic (exact) mass is 245 g/mol. The normalized spacial score (nSPS) is 14.9. The van der Waals surface area contributed by atoms with Gasteiger partial charge in [0.15, 0.2) is 0 Å². The number of nitrogens with zero attached hydrogens (tertiary/aromatic N) is 1. The van der Waals surface area contributed by atoms with Crippen molar-refractivity contribution >= 4 is 23.3 Å². The number of hydrogen-bond donors (Lipinski definition) is 2. The average Bonchev–Trinajstić information content (AvgIpc) is 2.77. The number of hydrogen-bond acceptors (Lipinski definition) is 2. The van der Waals surface area contributed by atoms with Crippen molar-refractivity contribution in [3.8, 4) is 0 Å². The van der Waals surface area contributed by atoms with Gasteiger partial charge >= 0.3 is 6.03 Å². The summed E-state index contributed by atoms with van der Waals surface area (Å²) in [6.07, 6.45) is 3.14. The van der Waals surface area contributed by atoms with E-state index in [1.165, 1.54) is 6.08 Å². The van der Waals surface area contributed by atoms with E-state index in [0.717, 1.165) is 5.69 Å².